The van der Waals surface area contributed by atoms with Crippen LogP contribution >= 0.6 is 11.6 Å². The number of hydrogen-bond acceptors (Lipinski definition) is 3. The summed E-state index contributed by atoms with van der Waals surface area (Å²) in [5.41, 5.74) is 2.46. The number of rotatable bonds is 8. The van der Waals surface area contributed by atoms with Gasteiger partial charge in [-0.15, -0.1) is 0 Å². The lowest BCUT2D eigenvalue weighted by atomic mass is 9.80. The Labute approximate surface area is 230 Å². The highest BCUT2D eigenvalue weighted by molar-refractivity contribution is 6.30. The number of halogens is 1. The van der Waals surface area contributed by atoms with Gasteiger partial charge in [0, 0.05) is 45.2 Å². The van der Waals surface area contributed by atoms with Gasteiger partial charge in [0.15, 0.2) is 0 Å². The highest BCUT2D eigenvalue weighted by atomic mass is 35.5. The number of hydrogen-bond donors (Lipinski definition) is 1. The van der Waals surface area contributed by atoms with Crippen LogP contribution in [0, 0.1) is 5.92 Å². The number of amides is 2. The van der Waals surface area contributed by atoms with E-state index in [1.807, 2.05) is 72.6 Å². The van der Waals surface area contributed by atoms with E-state index in [9.17, 15) is 9.59 Å². The van der Waals surface area contributed by atoms with E-state index >= 15 is 0 Å². The second kappa shape index (κ2) is 10.9. The van der Waals surface area contributed by atoms with Gasteiger partial charge in [-0.25, -0.2) is 0 Å². The Morgan fingerprint density at radius 3 is 2.13 bits per heavy atom. The predicted octanol–water partition coefficient (Wildman–Crippen LogP) is 5.38. The van der Waals surface area contributed by atoms with Crippen molar-refractivity contribution in [1.82, 2.24) is 15.1 Å². The third-order valence-corrected chi connectivity index (χ3v) is 8.64. The minimum Gasteiger partial charge on any atom is -0.347 e. The third kappa shape index (κ3) is 5.36. The molecular formula is C32H36ClN3O2. The number of carbonyl (C=O) groups is 2. The van der Waals surface area contributed by atoms with Crippen LogP contribution in [0.25, 0.3) is 0 Å². The van der Waals surface area contributed by atoms with Gasteiger partial charge in [0.2, 0.25) is 11.8 Å². The highest BCUT2D eigenvalue weighted by Crippen LogP contribution is 2.56. The molecule has 0 spiro atoms. The molecule has 1 aliphatic heterocycles. The Bertz CT molecular complexity index is 1260. The SMILES string of the molecule is CC(=O)NC1(c2ccccc2)CCN(CC2CC2(C(=O)N(C)Cc2ccccc2)c2ccc(Cl)cc2)CC1. The summed E-state index contributed by atoms with van der Waals surface area (Å²) in [6, 6.07) is 28.3. The molecule has 38 heavy (non-hydrogen) atoms. The first-order valence-electron chi connectivity index (χ1n) is 13.4. The van der Waals surface area contributed by atoms with Crippen molar-refractivity contribution in [2.24, 2.45) is 5.92 Å². The van der Waals surface area contributed by atoms with E-state index in [4.69, 9.17) is 11.6 Å². The van der Waals surface area contributed by atoms with Crippen molar-refractivity contribution in [2.75, 3.05) is 26.7 Å². The number of likely N-dealkylation sites (N-methyl/N-ethyl adjacent to an activating group) is 1. The zero-order valence-corrected chi connectivity index (χ0v) is 23.0. The number of carbonyl (C=O) groups excluding carboxylic acids is 2. The Balaban J connectivity index is 1.31. The van der Waals surface area contributed by atoms with Crippen molar-refractivity contribution in [1.29, 1.82) is 0 Å². The van der Waals surface area contributed by atoms with Crippen molar-refractivity contribution in [2.45, 2.75) is 43.7 Å². The predicted molar refractivity (Wildman–Crippen MR) is 152 cm³/mol. The molecule has 0 bridgehead atoms. The Morgan fingerprint density at radius 2 is 1.53 bits per heavy atom. The second-order valence-corrected chi connectivity index (χ2v) is 11.4. The van der Waals surface area contributed by atoms with E-state index in [0.717, 1.165) is 55.6 Å². The number of benzene rings is 3. The topological polar surface area (TPSA) is 52.7 Å². The van der Waals surface area contributed by atoms with E-state index < -0.39 is 5.41 Å². The largest absolute Gasteiger partial charge is 0.347 e. The maximum Gasteiger partial charge on any atom is 0.233 e. The minimum absolute atomic E-state index is 0.00157. The Kier molecular flexibility index (Phi) is 7.60. The van der Waals surface area contributed by atoms with Crippen LogP contribution < -0.4 is 5.32 Å². The first-order chi connectivity index (χ1) is 18.3. The molecule has 1 saturated heterocycles. The van der Waals surface area contributed by atoms with Crippen LogP contribution in [0.2, 0.25) is 5.02 Å². The van der Waals surface area contributed by atoms with Crippen molar-refractivity contribution >= 4 is 23.4 Å². The van der Waals surface area contributed by atoms with Crippen LogP contribution in [0.1, 0.15) is 42.9 Å². The van der Waals surface area contributed by atoms with Gasteiger partial charge in [-0.1, -0.05) is 84.4 Å². The van der Waals surface area contributed by atoms with Gasteiger partial charge >= 0.3 is 0 Å². The zero-order valence-electron chi connectivity index (χ0n) is 22.2. The molecule has 6 heteroatoms. The average Bonchev–Trinajstić information content (AvgIpc) is 3.65. The van der Waals surface area contributed by atoms with E-state index in [2.05, 4.69) is 34.5 Å². The summed E-state index contributed by atoms with van der Waals surface area (Å²) in [5, 5.41) is 3.94. The highest BCUT2D eigenvalue weighted by Gasteiger charge is 2.62. The normalized spacial score (nSPS) is 22.4. The van der Waals surface area contributed by atoms with E-state index in [1.54, 1.807) is 6.92 Å². The molecular weight excluding hydrogens is 494 g/mol. The quantitative estimate of drug-likeness (QED) is 0.426. The molecule has 3 aromatic carbocycles. The third-order valence-electron chi connectivity index (χ3n) is 8.39. The van der Waals surface area contributed by atoms with Crippen molar-refractivity contribution < 1.29 is 9.59 Å². The van der Waals surface area contributed by atoms with Crippen LogP contribution in [-0.4, -0.2) is 48.3 Å². The lowest BCUT2D eigenvalue weighted by molar-refractivity contribution is -0.133. The smallest absolute Gasteiger partial charge is 0.233 e. The van der Waals surface area contributed by atoms with Gasteiger partial charge < -0.3 is 15.1 Å². The van der Waals surface area contributed by atoms with Crippen LogP contribution in [-0.2, 0) is 27.1 Å². The molecule has 0 aromatic heterocycles. The molecule has 1 aliphatic carbocycles. The lowest BCUT2D eigenvalue weighted by Gasteiger charge is -2.43. The van der Waals surface area contributed by atoms with Gasteiger partial charge in [0.1, 0.15) is 0 Å². The number of likely N-dealkylation sites (tertiary alicyclic amines) is 1. The van der Waals surface area contributed by atoms with Crippen molar-refractivity contribution in [3.05, 3.63) is 107 Å². The molecule has 0 radical (unpaired) electrons. The van der Waals surface area contributed by atoms with Gasteiger partial charge in [0.05, 0.1) is 11.0 Å². The zero-order chi connectivity index (χ0) is 26.8. The summed E-state index contributed by atoms with van der Waals surface area (Å²) in [7, 11) is 1.91. The molecule has 5 nitrogen and oxygen atoms in total. The van der Waals surface area contributed by atoms with Crippen molar-refractivity contribution in [3.63, 3.8) is 0 Å². The Morgan fingerprint density at radius 1 is 0.921 bits per heavy atom. The molecule has 2 amide bonds. The first-order valence-corrected chi connectivity index (χ1v) is 13.8. The second-order valence-electron chi connectivity index (χ2n) is 11.0. The molecule has 2 aliphatic rings. The molecule has 1 N–H and O–H groups in total. The number of nitrogens with zero attached hydrogens (tertiary/aromatic N) is 2. The fourth-order valence-corrected chi connectivity index (χ4v) is 6.44. The average molecular weight is 530 g/mol. The molecule has 3 aromatic rings. The molecule has 1 saturated carbocycles. The van der Waals surface area contributed by atoms with E-state index in [1.165, 1.54) is 0 Å². The van der Waals surface area contributed by atoms with Crippen LogP contribution in [0.15, 0.2) is 84.9 Å². The van der Waals surface area contributed by atoms with Gasteiger partial charge in [-0.2, -0.15) is 0 Å². The molecule has 1 heterocycles. The summed E-state index contributed by atoms with van der Waals surface area (Å²) >= 11 is 6.20. The summed E-state index contributed by atoms with van der Waals surface area (Å²) < 4.78 is 0. The van der Waals surface area contributed by atoms with Crippen LogP contribution in [0.3, 0.4) is 0 Å². The van der Waals surface area contributed by atoms with E-state index in [-0.39, 0.29) is 23.3 Å². The van der Waals surface area contributed by atoms with Crippen LogP contribution in [0.5, 0.6) is 0 Å². The maximum atomic E-state index is 14.0. The molecule has 2 atom stereocenters. The standard InChI is InChI=1S/C32H36ClN3O2/c1-24(37)34-31(26-11-7-4-8-12-26)17-19-36(20-18-31)23-28-21-32(28,27-13-15-29(33)16-14-27)30(38)35(2)22-25-9-5-3-6-10-25/h3-16,28H,17-23H2,1-2H3,(H,34,37). The molecule has 5 rings (SSSR count). The summed E-state index contributed by atoms with van der Waals surface area (Å²) in [5.74, 6) is 0.403. The fraction of sp³-hybridized carbons (Fsp3) is 0.375. The maximum absolute atomic E-state index is 14.0. The lowest BCUT2D eigenvalue weighted by Crippen LogP contribution is -2.53. The molecule has 2 unspecified atom stereocenters. The minimum atomic E-state index is -0.528. The monoisotopic (exact) mass is 529 g/mol. The van der Waals surface area contributed by atoms with Gasteiger partial charge in [0.25, 0.3) is 0 Å². The Hall–Kier alpha value is -3.15. The summed E-state index contributed by atoms with van der Waals surface area (Å²) in [6.07, 6.45) is 2.52. The fourth-order valence-electron chi connectivity index (χ4n) is 6.32. The molecule has 198 valence electrons. The molecule has 2 fully saturated rings. The summed E-state index contributed by atoms with van der Waals surface area (Å²) in [6.45, 7) is 4.78. The van der Waals surface area contributed by atoms with Gasteiger partial charge in [-0.3, -0.25) is 9.59 Å². The first kappa shape index (κ1) is 26.5. The number of nitrogens with one attached hydrogen (secondary N) is 1. The van der Waals surface area contributed by atoms with E-state index in [0.29, 0.717) is 11.6 Å². The van der Waals surface area contributed by atoms with Gasteiger partial charge in [-0.05, 0) is 54.0 Å². The van der Waals surface area contributed by atoms with Crippen LogP contribution in [0.4, 0.5) is 0 Å². The summed E-state index contributed by atoms with van der Waals surface area (Å²) in [4.78, 5) is 30.5. The van der Waals surface area contributed by atoms with Crippen molar-refractivity contribution in [3.8, 4) is 0 Å². The number of piperidine rings is 1.